The van der Waals surface area contributed by atoms with Gasteiger partial charge in [-0.2, -0.15) is 0 Å². The fourth-order valence-electron chi connectivity index (χ4n) is 8.16. The molecule has 0 atom stereocenters. The van der Waals surface area contributed by atoms with Crippen molar-refractivity contribution in [2.24, 2.45) is 0 Å². The van der Waals surface area contributed by atoms with Crippen LogP contribution < -0.4 is 0 Å². The van der Waals surface area contributed by atoms with E-state index in [1.54, 1.807) is 0 Å². The van der Waals surface area contributed by atoms with E-state index in [0.29, 0.717) is 0 Å². The summed E-state index contributed by atoms with van der Waals surface area (Å²) >= 11 is 0. The van der Waals surface area contributed by atoms with Gasteiger partial charge in [0, 0.05) is 10.8 Å². The summed E-state index contributed by atoms with van der Waals surface area (Å²) in [6.07, 6.45) is 9.14. The van der Waals surface area contributed by atoms with E-state index in [1.807, 2.05) is 0 Å². The molecule has 0 spiro atoms. The summed E-state index contributed by atoms with van der Waals surface area (Å²) in [4.78, 5) is 0. The van der Waals surface area contributed by atoms with Crippen molar-refractivity contribution in [2.45, 2.75) is 12.8 Å². The van der Waals surface area contributed by atoms with Crippen molar-refractivity contribution in [2.75, 3.05) is 0 Å². The Labute approximate surface area is 298 Å². The van der Waals surface area contributed by atoms with Crippen LogP contribution in [0.4, 0.5) is 0 Å². The third-order valence-electron chi connectivity index (χ3n) is 10.6. The van der Waals surface area contributed by atoms with Crippen LogP contribution in [-0.4, -0.2) is 4.57 Å². The van der Waals surface area contributed by atoms with E-state index in [-0.39, 0.29) is 0 Å². The first kappa shape index (κ1) is 29.5. The second kappa shape index (κ2) is 12.2. The SMILES string of the molecule is C1=CC(c2ccc(-c3ccccc3)n2-c2c3cc(-c4cccc5ccccc45)ccc3cc3ccc(-c4cccc5ccccc45)cc23)=CCC1. The van der Waals surface area contributed by atoms with Gasteiger partial charge in [0.1, 0.15) is 0 Å². The van der Waals surface area contributed by atoms with Gasteiger partial charge in [-0.25, -0.2) is 0 Å². The average molecular weight is 650 g/mol. The van der Waals surface area contributed by atoms with Crippen LogP contribution >= 0.6 is 0 Å². The molecule has 10 rings (SSSR count). The van der Waals surface area contributed by atoms with Crippen molar-refractivity contribution < 1.29 is 0 Å². The van der Waals surface area contributed by atoms with Gasteiger partial charge in [-0.1, -0.05) is 158 Å². The molecule has 1 aromatic heterocycles. The summed E-state index contributed by atoms with van der Waals surface area (Å²) in [6, 6.07) is 62.7. The van der Waals surface area contributed by atoms with Crippen molar-refractivity contribution in [3.63, 3.8) is 0 Å². The van der Waals surface area contributed by atoms with Crippen LogP contribution in [-0.2, 0) is 0 Å². The van der Waals surface area contributed by atoms with E-state index in [4.69, 9.17) is 0 Å². The fraction of sp³-hybridized carbons (Fsp3) is 0.0400. The molecule has 0 fully saturated rings. The monoisotopic (exact) mass is 649 g/mol. The molecule has 0 N–H and O–H groups in total. The van der Waals surface area contributed by atoms with Gasteiger partial charge in [-0.15, -0.1) is 0 Å². The molecule has 8 aromatic carbocycles. The van der Waals surface area contributed by atoms with Crippen molar-refractivity contribution >= 4 is 48.7 Å². The van der Waals surface area contributed by atoms with Crippen molar-refractivity contribution in [3.05, 3.63) is 194 Å². The molecule has 1 nitrogen and oxygen atoms in total. The van der Waals surface area contributed by atoms with Crippen LogP contribution in [0.15, 0.2) is 188 Å². The number of aromatic nitrogens is 1. The number of rotatable bonds is 5. The highest BCUT2D eigenvalue weighted by molar-refractivity contribution is 6.12. The molecule has 240 valence electrons. The zero-order chi connectivity index (χ0) is 33.7. The predicted octanol–water partition coefficient (Wildman–Crippen LogP) is 13.8. The van der Waals surface area contributed by atoms with E-state index in [1.165, 1.54) is 93.6 Å². The van der Waals surface area contributed by atoms with Gasteiger partial charge in [0.05, 0.1) is 17.1 Å². The average Bonchev–Trinajstić information content (AvgIpc) is 3.64. The fourth-order valence-corrected chi connectivity index (χ4v) is 8.16. The molecule has 0 amide bonds. The van der Waals surface area contributed by atoms with Crippen molar-refractivity contribution in [3.8, 4) is 39.2 Å². The lowest BCUT2D eigenvalue weighted by Crippen LogP contribution is -2.04. The van der Waals surface area contributed by atoms with Gasteiger partial charge in [-0.3, -0.25) is 0 Å². The third kappa shape index (κ3) is 5.01. The largest absolute Gasteiger partial charge is 0.308 e. The highest BCUT2D eigenvalue weighted by Crippen LogP contribution is 2.42. The van der Waals surface area contributed by atoms with Crippen LogP contribution in [0.25, 0.3) is 87.9 Å². The Bertz CT molecular complexity index is 2700. The summed E-state index contributed by atoms with van der Waals surface area (Å²) in [5, 5.41) is 9.97. The predicted molar refractivity (Wildman–Crippen MR) is 218 cm³/mol. The highest BCUT2D eigenvalue weighted by Gasteiger charge is 2.21. The lowest BCUT2D eigenvalue weighted by Gasteiger charge is -2.21. The van der Waals surface area contributed by atoms with Crippen LogP contribution in [0, 0.1) is 0 Å². The van der Waals surface area contributed by atoms with E-state index in [9.17, 15) is 0 Å². The van der Waals surface area contributed by atoms with Crippen molar-refractivity contribution in [1.29, 1.82) is 0 Å². The number of allylic oxidation sites excluding steroid dienone is 4. The molecule has 9 aromatic rings. The molecule has 0 saturated carbocycles. The Morgan fingerprint density at radius 2 is 0.941 bits per heavy atom. The van der Waals surface area contributed by atoms with Crippen LogP contribution in [0.2, 0.25) is 0 Å². The first-order chi connectivity index (χ1) is 25.3. The Kier molecular flexibility index (Phi) is 7.03. The Morgan fingerprint density at radius 3 is 1.55 bits per heavy atom. The maximum absolute atomic E-state index is 2.54. The molecule has 51 heavy (non-hydrogen) atoms. The molecular formula is C50H35N. The van der Waals surface area contributed by atoms with Gasteiger partial charge in [0.15, 0.2) is 0 Å². The number of nitrogens with zero attached hydrogens (tertiary/aromatic N) is 1. The molecule has 1 heterocycles. The van der Waals surface area contributed by atoms with Crippen LogP contribution in [0.1, 0.15) is 18.5 Å². The van der Waals surface area contributed by atoms with E-state index in [0.717, 1.165) is 12.8 Å². The first-order valence-electron chi connectivity index (χ1n) is 17.9. The van der Waals surface area contributed by atoms with E-state index < -0.39 is 0 Å². The summed E-state index contributed by atoms with van der Waals surface area (Å²) < 4.78 is 2.54. The molecule has 0 saturated heterocycles. The summed E-state index contributed by atoms with van der Waals surface area (Å²) in [6.45, 7) is 0. The normalized spacial score (nSPS) is 13.0. The van der Waals surface area contributed by atoms with Gasteiger partial charge in [0.25, 0.3) is 0 Å². The number of benzene rings is 8. The van der Waals surface area contributed by atoms with Crippen molar-refractivity contribution in [1.82, 2.24) is 4.57 Å². The lowest BCUT2D eigenvalue weighted by atomic mass is 9.91. The Morgan fingerprint density at radius 1 is 0.373 bits per heavy atom. The molecule has 1 heteroatoms. The molecule has 0 radical (unpaired) electrons. The Hall–Kier alpha value is -6.44. The third-order valence-corrected chi connectivity index (χ3v) is 10.6. The maximum Gasteiger partial charge on any atom is 0.0619 e. The minimum absolute atomic E-state index is 1.05. The molecule has 1 aliphatic carbocycles. The van der Waals surface area contributed by atoms with Gasteiger partial charge in [0.2, 0.25) is 0 Å². The second-order valence-electron chi connectivity index (χ2n) is 13.6. The smallest absolute Gasteiger partial charge is 0.0619 e. The number of fused-ring (bicyclic) bond motifs is 4. The minimum atomic E-state index is 1.05. The van der Waals surface area contributed by atoms with E-state index in [2.05, 4.69) is 193 Å². The highest BCUT2D eigenvalue weighted by atomic mass is 15.0. The minimum Gasteiger partial charge on any atom is -0.308 e. The zero-order valence-electron chi connectivity index (χ0n) is 28.3. The van der Waals surface area contributed by atoms with Gasteiger partial charge in [-0.05, 0) is 109 Å². The molecular weight excluding hydrogens is 615 g/mol. The quantitative estimate of drug-likeness (QED) is 0.164. The van der Waals surface area contributed by atoms with Crippen LogP contribution in [0.5, 0.6) is 0 Å². The molecule has 0 unspecified atom stereocenters. The second-order valence-corrected chi connectivity index (χ2v) is 13.6. The summed E-state index contributed by atoms with van der Waals surface area (Å²) in [5.41, 5.74) is 11.0. The summed E-state index contributed by atoms with van der Waals surface area (Å²) in [5.74, 6) is 0. The van der Waals surface area contributed by atoms with Gasteiger partial charge >= 0.3 is 0 Å². The summed E-state index contributed by atoms with van der Waals surface area (Å²) in [7, 11) is 0. The zero-order valence-corrected chi connectivity index (χ0v) is 28.3. The number of hydrogen-bond donors (Lipinski definition) is 0. The standard InChI is InChI=1S/C50H35N/c1-3-15-36(16-4-1)48-29-30-49(37-17-5-2-6-18-37)51(48)50-46-32-40(44-23-11-19-34-13-7-9-21-42(34)44)27-25-38(46)31-39-26-28-41(33-47(39)50)45-24-12-20-35-14-8-10-22-43(35)45/h1,3-5,7-33H,2,6H2. The maximum atomic E-state index is 2.54. The Balaban J connectivity index is 1.34. The first-order valence-corrected chi connectivity index (χ1v) is 17.9. The van der Waals surface area contributed by atoms with Gasteiger partial charge < -0.3 is 4.57 Å². The molecule has 1 aliphatic rings. The lowest BCUT2D eigenvalue weighted by molar-refractivity contribution is 1.02. The molecule has 0 aliphatic heterocycles. The molecule has 0 bridgehead atoms. The topological polar surface area (TPSA) is 4.93 Å². The number of hydrogen-bond acceptors (Lipinski definition) is 0. The van der Waals surface area contributed by atoms with E-state index >= 15 is 0 Å². The van der Waals surface area contributed by atoms with Crippen LogP contribution in [0.3, 0.4) is 0 Å².